The SMILES string of the molecule is CCCCN1C(C)=CS/C1=C\C(=O)c1cc(F)ccc1C(F)(F)F. The fourth-order valence-corrected chi connectivity index (χ4v) is 3.27. The number of thioether (sulfide) groups is 1. The lowest BCUT2D eigenvalue weighted by Crippen LogP contribution is -2.19. The summed E-state index contributed by atoms with van der Waals surface area (Å²) >= 11 is 1.28. The molecule has 1 aromatic rings. The number of benzene rings is 1. The Morgan fingerprint density at radius 3 is 2.67 bits per heavy atom. The molecule has 0 saturated heterocycles. The van der Waals surface area contributed by atoms with E-state index >= 15 is 0 Å². The lowest BCUT2D eigenvalue weighted by molar-refractivity contribution is -0.137. The van der Waals surface area contributed by atoms with Crippen molar-refractivity contribution in [3.05, 3.63) is 57.4 Å². The topological polar surface area (TPSA) is 20.3 Å². The number of rotatable bonds is 5. The van der Waals surface area contributed by atoms with Crippen LogP contribution in [-0.4, -0.2) is 17.2 Å². The van der Waals surface area contributed by atoms with E-state index < -0.39 is 28.9 Å². The van der Waals surface area contributed by atoms with Crippen molar-refractivity contribution in [1.82, 2.24) is 4.90 Å². The Kier molecular flexibility index (Phi) is 5.74. The summed E-state index contributed by atoms with van der Waals surface area (Å²) in [6, 6.07) is 1.94. The second-order valence-corrected chi connectivity index (χ2v) is 6.31. The highest BCUT2D eigenvalue weighted by Crippen LogP contribution is 2.36. The quantitative estimate of drug-likeness (QED) is 0.389. The fraction of sp³-hybridized carbons (Fsp3) is 0.353. The first-order valence-corrected chi connectivity index (χ1v) is 8.35. The molecule has 1 aliphatic rings. The van der Waals surface area contributed by atoms with Gasteiger partial charge in [-0.2, -0.15) is 13.2 Å². The summed E-state index contributed by atoms with van der Waals surface area (Å²) < 4.78 is 52.5. The number of allylic oxidation sites excluding steroid dienone is 2. The minimum absolute atomic E-state index is 0.559. The van der Waals surface area contributed by atoms with Crippen LogP contribution in [0.1, 0.15) is 42.6 Å². The van der Waals surface area contributed by atoms with Crippen molar-refractivity contribution in [2.45, 2.75) is 32.9 Å². The molecule has 1 aromatic carbocycles. The smallest absolute Gasteiger partial charge is 0.339 e. The summed E-state index contributed by atoms with van der Waals surface area (Å²) in [5, 5.41) is 2.40. The highest BCUT2D eigenvalue weighted by atomic mass is 32.2. The number of unbranched alkanes of at least 4 members (excludes halogenated alkanes) is 1. The van der Waals surface area contributed by atoms with Gasteiger partial charge in [0.25, 0.3) is 0 Å². The van der Waals surface area contributed by atoms with Crippen LogP contribution in [-0.2, 0) is 6.18 Å². The van der Waals surface area contributed by atoms with E-state index in [1.54, 1.807) is 0 Å². The van der Waals surface area contributed by atoms with Gasteiger partial charge in [0.1, 0.15) is 5.82 Å². The van der Waals surface area contributed by atoms with Crippen molar-refractivity contribution < 1.29 is 22.4 Å². The summed E-state index contributed by atoms with van der Waals surface area (Å²) in [4.78, 5) is 14.2. The van der Waals surface area contributed by atoms with Crippen LogP contribution >= 0.6 is 11.8 Å². The first-order valence-electron chi connectivity index (χ1n) is 7.47. The Bertz CT molecular complexity index is 694. The zero-order valence-electron chi connectivity index (χ0n) is 13.3. The van der Waals surface area contributed by atoms with E-state index in [2.05, 4.69) is 0 Å². The number of ketones is 1. The minimum atomic E-state index is -4.71. The molecule has 0 fully saturated rings. The third kappa shape index (κ3) is 4.20. The molecule has 0 atom stereocenters. The number of carbonyl (C=O) groups excluding carboxylic acids is 1. The van der Waals surface area contributed by atoms with E-state index in [1.807, 2.05) is 24.2 Å². The third-order valence-corrected chi connectivity index (χ3v) is 4.62. The molecule has 7 heteroatoms. The Morgan fingerprint density at radius 1 is 1.33 bits per heavy atom. The standard InChI is InChI=1S/C17H17F4NOS/c1-3-4-7-22-11(2)10-24-16(22)9-15(23)13-8-12(18)5-6-14(13)17(19,20)21/h5-6,8-10H,3-4,7H2,1-2H3/b16-9-. The highest BCUT2D eigenvalue weighted by Gasteiger charge is 2.35. The lowest BCUT2D eigenvalue weighted by atomic mass is 10.0. The van der Waals surface area contributed by atoms with E-state index in [4.69, 9.17) is 0 Å². The van der Waals surface area contributed by atoms with E-state index in [0.717, 1.165) is 24.6 Å². The zero-order chi connectivity index (χ0) is 17.9. The maximum Gasteiger partial charge on any atom is 0.417 e. The van der Waals surface area contributed by atoms with Gasteiger partial charge in [-0.3, -0.25) is 4.79 Å². The molecule has 130 valence electrons. The van der Waals surface area contributed by atoms with Gasteiger partial charge < -0.3 is 4.90 Å². The molecule has 0 aliphatic carbocycles. The van der Waals surface area contributed by atoms with Gasteiger partial charge in [-0.1, -0.05) is 25.1 Å². The number of hydrogen-bond acceptors (Lipinski definition) is 3. The molecule has 24 heavy (non-hydrogen) atoms. The van der Waals surface area contributed by atoms with Crippen molar-refractivity contribution in [2.75, 3.05) is 6.54 Å². The number of carbonyl (C=O) groups is 1. The molecule has 0 bridgehead atoms. The van der Waals surface area contributed by atoms with Gasteiger partial charge in [-0.05, 0) is 37.0 Å². The maximum atomic E-state index is 13.3. The molecule has 1 aliphatic heterocycles. The second-order valence-electron chi connectivity index (χ2n) is 5.42. The molecule has 0 spiro atoms. The molecule has 2 rings (SSSR count). The maximum absolute atomic E-state index is 13.3. The van der Waals surface area contributed by atoms with Crippen LogP contribution in [0, 0.1) is 5.82 Å². The van der Waals surface area contributed by atoms with Gasteiger partial charge in [0, 0.05) is 23.9 Å². The van der Waals surface area contributed by atoms with Crippen LogP contribution in [0.25, 0.3) is 0 Å². The van der Waals surface area contributed by atoms with Crippen molar-refractivity contribution >= 4 is 17.5 Å². The molecule has 0 N–H and O–H groups in total. The molecular formula is C17H17F4NOS. The van der Waals surface area contributed by atoms with Gasteiger partial charge in [-0.15, -0.1) is 0 Å². The molecule has 0 unspecified atom stereocenters. The molecule has 2 nitrogen and oxygen atoms in total. The van der Waals surface area contributed by atoms with Crippen LogP contribution in [0.15, 0.2) is 40.4 Å². The van der Waals surface area contributed by atoms with Gasteiger partial charge in [0.05, 0.1) is 10.6 Å². The molecular weight excluding hydrogens is 342 g/mol. The fourth-order valence-electron chi connectivity index (χ4n) is 2.32. The molecule has 0 amide bonds. The number of halogens is 4. The Hall–Kier alpha value is -1.76. The summed E-state index contributed by atoms with van der Waals surface area (Å²) in [5.41, 5.74) is -0.864. The molecule has 1 heterocycles. The van der Waals surface area contributed by atoms with Crippen LogP contribution < -0.4 is 0 Å². The van der Waals surface area contributed by atoms with E-state index in [9.17, 15) is 22.4 Å². The number of nitrogens with zero attached hydrogens (tertiary/aromatic N) is 1. The highest BCUT2D eigenvalue weighted by molar-refractivity contribution is 8.06. The molecule has 0 saturated carbocycles. The van der Waals surface area contributed by atoms with Crippen molar-refractivity contribution in [2.24, 2.45) is 0 Å². The summed E-state index contributed by atoms with van der Waals surface area (Å²) in [7, 11) is 0. The average molecular weight is 359 g/mol. The first kappa shape index (κ1) is 18.6. The minimum Gasteiger partial charge on any atom is -0.339 e. The lowest BCUT2D eigenvalue weighted by Gasteiger charge is -2.21. The summed E-state index contributed by atoms with van der Waals surface area (Å²) in [5.74, 6) is -1.73. The predicted octanol–water partition coefficient (Wildman–Crippen LogP) is 5.58. The summed E-state index contributed by atoms with van der Waals surface area (Å²) in [6.07, 6.45) is -1.71. The van der Waals surface area contributed by atoms with E-state index in [-0.39, 0.29) is 0 Å². The van der Waals surface area contributed by atoms with Crippen LogP contribution in [0.3, 0.4) is 0 Å². The van der Waals surface area contributed by atoms with Gasteiger partial charge in [0.2, 0.25) is 0 Å². The average Bonchev–Trinajstić information content (AvgIpc) is 2.84. The third-order valence-electron chi connectivity index (χ3n) is 3.58. The van der Waals surface area contributed by atoms with Crippen molar-refractivity contribution in [3.8, 4) is 0 Å². The largest absolute Gasteiger partial charge is 0.417 e. The second kappa shape index (κ2) is 7.42. The number of alkyl halides is 3. The Balaban J connectivity index is 2.34. The van der Waals surface area contributed by atoms with Crippen LogP contribution in [0.4, 0.5) is 17.6 Å². The van der Waals surface area contributed by atoms with Crippen molar-refractivity contribution in [3.63, 3.8) is 0 Å². The Morgan fingerprint density at radius 2 is 2.04 bits per heavy atom. The number of hydrogen-bond donors (Lipinski definition) is 0. The van der Waals surface area contributed by atoms with E-state index in [1.165, 1.54) is 11.8 Å². The van der Waals surface area contributed by atoms with E-state index in [0.29, 0.717) is 29.8 Å². The van der Waals surface area contributed by atoms with Gasteiger partial charge in [-0.25, -0.2) is 4.39 Å². The normalized spacial score (nSPS) is 16.7. The van der Waals surface area contributed by atoms with Gasteiger partial charge >= 0.3 is 6.18 Å². The van der Waals surface area contributed by atoms with Crippen LogP contribution in [0.5, 0.6) is 0 Å². The predicted molar refractivity (Wildman–Crippen MR) is 86.8 cm³/mol. The first-order chi connectivity index (χ1) is 11.2. The van der Waals surface area contributed by atoms with Crippen molar-refractivity contribution in [1.29, 1.82) is 0 Å². The van der Waals surface area contributed by atoms with Gasteiger partial charge in [0.15, 0.2) is 5.78 Å². The monoisotopic (exact) mass is 359 g/mol. The molecule has 0 radical (unpaired) electrons. The molecule has 0 aromatic heterocycles. The van der Waals surface area contributed by atoms with Crippen LogP contribution in [0.2, 0.25) is 0 Å². The Labute approximate surface area is 142 Å². The zero-order valence-corrected chi connectivity index (χ0v) is 14.1. The summed E-state index contributed by atoms with van der Waals surface area (Å²) in [6.45, 7) is 4.58.